The Morgan fingerprint density at radius 3 is 2.75 bits per heavy atom. The van der Waals surface area contributed by atoms with Gasteiger partial charge < -0.3 is 0 Å². The van der Waals surface area contributed by atoms with E-state index in [2.05, 4.69) is 34.9 Å². The summed E-state index contributed by atoms with van der Waals surface area (Å²) in [6.45, 7) is 3.27. The van der Waals surface area contributed by atoms with Crippen LogP contribution in [-0.2, 0) is 0 Å². The Morgan fingerprint density at radius 2 is 2.17 bits per heavy atom. The van der Waals surface area contributed by atoms with E-state index in [0.717, 1.165) is 6.54 Å². The zero-order chi connectivity index (χ0) is 8.39. The molecule has 2 unspecified atom stereocenters. The second-order valence-electron chi connectivity index (χ2n) is 3.26. The fourth-order valence-corrected chi connectivity index (χ4v) is 1.57. The lowest BCUT2D eigenvalue weighted by Gasteiger charge is -2.13. The standard InChI is InChI=1S/C9H13N3/c1-7-6-11-12-9(7)8-2-4-10-5-3-8/h2-5,7,9,11-12H,6H2,1H3. The molecule has 2 N–H and O–H groups in total. The van der Waals surface area contributed by atoms with Gasteiger partial charge in [0.1, 0.15) is 0 Å². The number of pyridine rings is 1. The second-order valence-corrected chi connectivity index (χ2v) is 3.26. The van der Waals surface area contributed by atoms with Gasteiger partial charge in [-0.3, -0.25) is 15.8 Å². The maximum atomic E-state index is 3.99. The first kappa shape index (κ1) is 7.71. The molecule has 1 aromatic rings. The van der Waals surface area contributed by atoms with Crippen molar-refractivity contribution in [1.82, 2.24) is 15.8 Å². The predicted molar refractivity (Wildman–Crippen MR) is 47.3 cm³/mol. The summed E-state index contributed by atoms with van der Waals surface area (Å²) in [7, 11) is 0. The zero-order valence-electron chi connectivity index (χ0n) is 7.12. The normalized spacial score (nSPS) is 29.1. The fourth-order valence-electron chi connectivity index (χ4n) is 1.57. The molecule has 0 aliphatic carbocycles. The molecule has 0 bridgehead atoms. The van der Waals surface area contributed by atoms with Crippen molar-refractivity contribution in [3.63, 3.8) is 0 Å². The topological polar surface area (TPSA) is 37.0 Å². The van der Waals surface area contributed by atoms with Crippen molar-refractivity contribution in [3.8, 4) is 0 Å². The van der Waals surface area contributed by atoms with Crippen LogP contribution in [-0.4, -0.2) is 11.5 Å². The highest BCUT2D eigenvalue weighted by molar-refractivity contribution is 5.16. The van der Waals surface area contributed by atoms with Crippen molar-refractivity contribution in [2.75, 3.05) is 6.54 Å². The molecule has 1 aromatic heterocycles. The van der Waals surface area contributed by atoms with E-state index in [1.54, 1.807) is 0 Å². The third-order valence-electron chi connectivity index (χ3n) is 2.32. The zero-order valence-corrected chi connectivity index (χ0v) is 7.12. The van der Waals surface area contributed by atoms with Crippen molar-refractivity contribution in [2.24, 2.45) is 5.92 Å². The molecule has 1 aliphatic heterocycles. The Kier molecular flexibility index (Phi) is 2.06. The van der Waals surface area contributed by atoms with Gasteiger partial charge in [0.15, 0.2) is 0 Å². The molecule has 0 amide bonds. The number of nitrogens with one attached hydrogen (secondary N) is 2. The highest BCUT2D eigenvalue weighted by Crippen LogP contribution is 2.22. The number of hydrazine groups is 1. The summed E-state index contributed by atoms with van der Waals surface area (Å²) in [6, 6.07) is 4.55. The number of hydrogen-bond acceptors (Lipinski definition) is 3. The van der Waals surface area contributed by atoms with Gasteiger partial charge in [0.05, 0.1) is 6.04 Å². The monoisotopic (exact) mass is 163 g/mol. The van der Waals surface area contributed by atoms with Crippen molar-refractivity contribution in [1.29, 1.82) is 0 Å². The van der Waals surface area contributed by atoms with Crippen LogP contribution in [0.1, 0.15) is 18.5 Å². The molecule has 2 heterocycles. The van der Waals surface area contributed by atoms with Crippen LogP contribution in [0.4, 0.5) is 0 Å². The fraction of sp³-hybridized carbons (Fsp3) is 0.444. The number of nitrogens with zero attached hydrogens (tertiary/aromatic N) is 1. The summed E-state index contributed by atoms with van der Waals surface area (Å²) in [5, 5.41) is 0. The first-order valence-corrected chi connectivity index (χ1v) is 4.26. The number of rotatable bonds is 1. The quantitative estimate of drug-likeness (QED) is 0.645. The van der Waals surface area contributed by atoms with E-state index in [1.165, 1.54) is 5.56 Å². The van der Waals surface area contributed by atoms with Gasteiger partial charge in [-0.2, -0.15) is 0 Å². The van der Waals surface area contributed by atoms with Crippen LogP contribution >= 0.6 is 0 Å². The second kappa shape index (κ2) is 3.21. The third-order valence-corrected chi connectivity index (χ3v) is 2.32. The summed E-state index contributed by atoms with van der Waals surface area (Å²) < 4.78 is 0. The van der Waals surface area contributed by atoms with Crippen LogP contribution in [0.5, 0.6) is 0 Å². The molecule has 0 saturated carbocycles. The lowest BCUT2D eigenvalue weighted by molar-refractivity contribution is 0.508. The van der Waals surface area contributed by atoms with E-state index in [9.17, 15) is 0 Å². The van der Waals surface area contributed by atoms with Crippen molar-refractivity contribution >= 4 is 0 Å². The van der Waals surface area contributed by atoms with Crippen molar-refractivity contribution in [3.05, 3.63) is 30.1 Å². The molecular weight excluding hydrogens is 150 g/mol. The van der Waals surface area contributed by atoms with Gasteiger partial charge in [0.2, 0.25) is 0 Å². The van der Waals surface area contributed by atoms with Gasteiger partial charge in [0, 0.05) is 18.9 Å². The average molecular weight is 163 g/mol. The molecule has 0 radical (unpaired) electrons. The summed E-state index contributed by atoms with van der Waals surface area (Å²) in [4.78, 5) is 3.99. The van der Waals surface area contributed by atoms with Crippen LogP contribution in [0.25, 0.3) is 0 Å². The van der Waals surface area contributed by atoms with Gasteiger partial charge in [0.25, 0.3) is 0 Å². The smallest absolute Gasteiger partial charge is 0.0501 e. The average Bonchev–Trinajstić information content (AvgIpc) is 2.53. The van der Waals surface area contributed by atoms with Crippen LogP contribution in [0.2, 0.25) is 0 Å². The summed E-state index contributed by atoms with van der Waals surface area (Å²) in [5.41, 5.74) is 7.70. The van der Waals surface area contributed by atoms with E-state index in [0.29, 0.717) is 12.0 Å². The highest BCUT2D eigenvalue weighted by atomic mass is 15.4. The summed E-state index contributed by atoms with van der Waals surface area (Å²) in [5.74, 6) is 0.646. The Labute approximate surface area is 72.2 Å². The van der Waals surface area contributed by atoms with E-state index >= 15 is 0 Å². The molecule has 1 aliphatic rings. The van der Waals surface area contributed by atoms with Gasteiger partial charge in [-0.15, -0.1) is 0 Å². The van der Waals surface area contributed by atoms with Gasteiger partial charge in [-0.1, -0.05) is 6.92 Å². The summed E-state index contributed by atoms with van der Waals surface area (Å²) >= 11 is 0. The first-order valence-electron chi connectivity index (χ1n) is 4.26. The Hall–Kier alpha value is -0.930. The van der Waals surface area contributed by atoms with E-state index in [4.69, 9.17) is 0 Å². The molecule has 2 rings (SSSR count). The Balaban J connectivity index is 2.19. The Bertz CT molecular complexity index is 247. The van der Waals surface area contributed by atoms with Crippen LogP contribution in [0, 0.1) is 5.92 Å². The molecule has 64 valence electrons. The molecule has 0 spiro atoms. The van der Waals surface area contributed by atoms with E-state index < -0.39 is 0 Å². The predicted octanol–water partition coefficient (Wildman–Crippen LogP) is 0.867. The molecule has 12 heavy (non-hydrogen) atoms. The molecule has 3 heteroatoms. The Morgan fingerprint density at radius 1 is 1.42 bits per heavy atom. The minimum Gasteiger partial charge on any atom is -0.265 e. The number of aromatic nitrogens is 1. The first-order chi connectivity index (χ1) is 5.88. The maximum Gasteiger partial charge on any atom is 0.0501 e. The maximum absolute atomic E-state index is 3.99. The molecule has 1 fully saturated rings. The van der Waals surface area contributed by atoms with Gasteiger partial charge >= 0.3 is 0 Å². The minimum absolute atomic E-state index is 0.438. The van der Waals surface area contributed by atoms with Crippen molar-refractivity contribution in [2.45, 2.75) is 13.0 Å². The largest absolute Gasteiger partial charge is 0.265 e. The SMILES string of the molecule is CC1CNNC1c1ccncc1. The van der Waals surface area contributed by atoms with Crippen LogP contribution < -0.4 is 10.9 Å². The molecule has 2 atom stereocenters. The highest BCUT2D eigenvalue weighted by Gasteiger charge is 2.23. The molecule has 1 saturated heterocycles. The lowest BCUT2D eigenvalue weighted by atomic mass is 9.98. The lowest BCUT2D eigenvalue weighted by Crippen LogP contribution is -2.24. The number of hydrogen-bond donors (Lipinski definition) is 2. The molecular formula is C9H13N3. The van der Waals surface area contributed by atoms with E-state index in [-0.39, 0.29) is 0 Å². The van der Waals surface area contributed by atoms with E-state index in [1.807, 2.05) is 12.4 Å². The minimum atomic E-state index is 0.438. The van der Waals surface area contributed by atoms with Crippen molar-refractivity contribution < 1.29 is 0 Å². The van der Waals surface area contributed by atoms with Gasteiger partial charge in [-0.05, 0) is 23.6 Å². The third kappa shape index (κ3) is 1.33. The summed E-state index contributed by atoms with van der Waals surface area (Å²) in [6.07, 6.45) is 3.67. The molecule has 3 nitrogen and oxygen atoms in total. The van der Waals surface area contributed by atoms with Crippen LogP contribution in [0.15, 0.2) is 24.5 Å². The van der Waals surface area contributed by atoms with Gasteiger partial charge in [-0.25, -0.2) is 0 Å². The van der Waals surface area contributed by atoms with Crippen LogP contribution in [0.3, 0.4) is 0 Å². The molecule has 0 aromatic carbocycles.